The van der Waals surface area contributed by atoms with Crippen molar-refractivity contribution in [2.75, 3.05) is 6.54 Å². The molecule has 2 rings (SSSR count). The number of benzene rings is 1. The summed E-state index contributed by atoms with van der Waals surface area (Å²) in [6, 6.07) is 6.06. The highest BCUT2D eigenvalue weighted by Crippen LogP contribution is 2.21. The fraction of sp³-hybridized carbons (Fsp3) is 0.385. The van der Waals surface area contributed by atoms with E-state index in [1.807, 2.05) is 12.1 Å². The van der Waals surface area contributed by atoms with Crippen molar-refractivity contribution in [3.8, 4) is 0 Å². The van der Waals surface area contributed by atoms with Crippen molar-refractivity contribution in [1.82, 2.24) is 5.32 Å². The number of hydrogen-bond acceptors (Lipinski definition) is 2. The van der Waals surface area contributed by atoms with Gasteiger partial charge in [-0.1, -0.05) is 13.0 Å². The summed E-state index contributed by atoms with van der Waals surface area (Å²) >= 11 is 0. The van der Waals surface area contributed by atoms with Crippen LogP contribution in [0.15, 0.2) is 28.9 Å². The lowest BCUT2D eigenvalue weighted by Gasteiger charge is -2.11. The third kappa shape index (κ3) is 2.25. The largest absolute Gasteiger partial charge is 0.461 e. The first kappa shape index (κ1) is 11.1. The number of hydrogen-bond donors (Lipinski definition) is 1. The smallest absolute Gasteiger partial charge is 0.169 e. The summed E-state index contributed by atoms with van der Waals surface area (Å²) in [6.07, 6.45) is 2.08. The van der Waals surface area contributed by atoms with Crippen LogP contribution in [0.5, 0.6) is 0 Å². The minimum absolute atomic E-state index is 0.290. The van der Waals surface area contributed by atoms with Gasteiger partial charge >= 0.3 is 0 Å². The van der Waals surface area contributed by atoms with Crippen molar-refractivity contribution < 1.29 is 8.81 Å². The molecule has 0 aliphatic heterocycles. The Labute approximate surface area is 94.4 Å². The topological polar surface area (TPSA) is 25.2 Å². The summed E-state index contributed by atoms with van der Waals surface area (Å²) in [5.74, 6) is -0.290. The number of likely N-dealkylation sites (N-methyl/N-ethyl adjacent to an activating group) is 1. The summed E-state index contributed by atoms with van der Waals surface area (Å²) in [5.41, 5.74) is 1.79. The number of halogens is 1. The Bertz CT molecular complexity index is 478. The first-order valence-electron chi connectivity index (χ1n) is 5.59. The first-order chi connectivity index (χ1) is 7.70. The summed E-state index contributed by atoms with van der Waals surface area (Å²) in [7, 11) is 0. The molecule has 3 heteroatoms. The maximum absolute atomic E-state index is 13.2. The highest BCUT2D eigenvalue weighted by atomic mass is 19.1. The molecular weight excluding hydrogens is 205 g/mol. The van der Waals surface area contributed by atoms with Crippen LogP contribution in [0.1, 0.15) is 19.4 Å². The van der Waals surface area contributed by atoms with Gasteiger partial charge in [0.05, 0.1) is 5.39 Å². The van der Waals surface area contributed by atoms with Crippen LogP contribution in [-0.4, -0.2) is 12.6 Å². The van der Waals surface area contributed by atoms with Crippen LogP contribution in [0.3, 0.4) is 0 Å². The molecule has 0 unspecified atom stereocenters. The molecule has 0 bridgehead atoms. The SMILES string of the molecule is CCN[C@@H](C)Cc1ccc2c(F)coc2c1. The second-order valence-electron chi connectivity index (χ2n) is 4.08. The molecule has 0 aliphatic carbocycles. The molecule has 1 aromatic heterocycles. The normalized spacial score (nSPS) is 13.2. The first-order valence-corrected chi connectivity index (χ1v) is 5.59. The molecule has 0 saturated carbocycles. The summed E-state index contributed by atoms with van der Waals surface area (Å²) in [5, 5.41) is 3.90. The third-order valence-electron chi connectivity index (χ3n) is 2.69. The fourth-order valence-corrected chi connectivity index (χ4v) is 1.94. The Morgan fingerprint density at radius 1 is 1.44 bits per heavy atom. The van der Waals surface area contributed by atoms with E-state index in [0.29, 0.717) is 17.0 Å². The van der Waals surface area contributed by atoms with Gasteiger partial charge in [-0.25, -0.2) is 4.39 Å². The minimum Gasteiger partial charge on any atom is -0.461 e. The van der Waals surface area contributed by atoms with Gasteiger partial charge < -0.3 is 9.73 Å². The molecule has 0 radical (unpaired) electrons. The van der Waals surface area contributed by atoms with Gasteiger partial charge in [-0.15, -0.1) is 0 Å². The second-order valence-corrected chi connectivity index (χ2v) is 4.08. The summed E-state index contributed by atoms with van der Waals surface area (Å²) in [6.45, 7) is 5.18. The fourth-order valence-electron chi connectivity index (χ4n) is 1.94. The lowest BCUT2D eigenvalue weighted by Crippen LogP contribution is -2.27. The zero-order valence-electron chi connectivity index (χ0n) is 9.59. The van der Waals surface area contributed by atoms with Gasteiger partial charge in [-0.2, -0.15) is 0 Å². The van der Waals surface area contributed by atoms with Crippen molar-refractivity contribution >= 4 is 11.0 Å². The molecule has 0 spiro atoms. The summed E-state index contributed by atoms with van der Waals surface area (Å²) in [4.78, 5) is 0. The molecule has 2 nitrogen and oxygen atoms in total. The Kier molecular flexibility index (Phi) is 3.25. The number of furan rings is 1. The van der Waals surface area contributed by atoms with Crippen molar-refractivity contribution in [3.63, 3.8) is 0 Å². The van der Waals surface area contributed by atoms with E-state index in [4.69, 9.17) is 4.42 Å². The monoisotopic (exact) mass is 221 g/mol. The molecule has 0 saturated heterocycles. The third-order valence-corrected chi connectivity index (χ3v) is 2.69. The highest BCUT2D eigenvalue weighted by molar-refractivity contribution is 5.78. The molecule has 0 fully saturated rings. The molecule has 86 valence electrons. The van der Waals surface area contributed by atoms with Crippen molar-refractivity contribution in [3.05, 3.63) is 35.8 Å². The highest BCUT2D eigenvalue weighted by Gasteiger charge is 2.07. The number of rotatable bonds is 4. The molecule has 16 heavy (non-hydrogen) atoms. The molecule has 0 amide bonds. The van der Waals surface area contributed by atoms with E-state index < -0.39 is 0 Å². The Morgan fingerprint density at radius 2 is 2.25 bits per heavy atom. The average molecular weight is 221 g/mol. The maximum Gasteiger partial charge on any atom is 0.169 e. The molecule has 2 aromatic rings. The van der Waals surface area contributed by atoms with Gasteiger partial charge in [0.2, 0.25) is 0 Å². The number of nitrogens with one attached hydrogen (secondary N) is 1. The van der Waals surface area contributed by atoms with E-state index in [0.717, 1.165) is 24.8 Å². The van der Waals surface area contributed by atoms with E-state index >= 15 is 0 Å². The quantitative estimate of drug-likeness (QED) is 0.858. The van der Waals surface area contributed by atoms with Gasteiger partial charge in [-0.05, 0) is 37.6 Å². The lowest BCUT2D eigenvalue weighted by molar-refractivity contribution is 0.555. The molecular formula is C13H16FNO. The van der Waals surface area contributed by atoms with Crippen molar-refractivity contribution in [1.29, 1.82) is 0 Å². The van der Waals surface area contributed by atoms with E-state index in [1.54, 1.807) is 6.07 Å². The van der Waals surface area contributed by atoms with E-state index in [1.165, 1.54) is 0 Å². The van der Waals surface area contributed by atoms with Crippen molar-refractivity contribution in [2.45, 2.75) is 26.3 Å². The van der Waals surface area contributed by atoms with E-state index in [9.17, 15) is 4.39 Å². The van der Waals surface area contributed by atoms with E-state index in [-0.39, 0.29) is 5.82 Å². The zero-order chi connectivity index (χ0) is 11.5. The van der Waals surface area contributed by atoms with Crippen LogP contribution in [0, 0.1) is 5.82 Å². The lowest BCUT2D eigenvalue weighted by atomic mass is 10.1. The van der Waals surface area contributed by atoms with Crippen LogP contribution >= 0.6 is 0 Å². The minimum atomic E-state index is -0.290. The Balaban J connectivity index is 2.19. The molecule has 1 atom stereocenters. The maximum atomic E-state index is 13.2. The van der Waals surface area contributed by atoms with Crippen LogP contribution < -0.4 is 5.32 Å². The Morgan fingerprint density at radius 3 is 3.00 bits per heavy atom. The molecule has 1 heterocycles. The van der Waals surface area contributed by atoms with Crippen LogP contribution in [-0.2, 0) is 6.42 Å². The van der Waals surface area contributed by atoms with Crippen LogP contribution in [0.2, 0.25) is 0 Å². The zero-order valence-corrected chi connectivity index (χ0v) is 9.59. The van der Waals surface area contributed by atoms with Gasteiger partial charge in [0, 0.05) is 6.04 Å². The van der Waals surface area contributed by atoms with E-state index in [2.05, 4.69) is 19.2 Å². The summed E-state index contributed by atoms with van der Waals surface area (Å²) < 4.78 is 18.3. The van der Waals surface area contributed by atoms with Crippen LogP contribution in [0.4, 0.5) is 4.39 Å². The van der Waals surface area contributed by atoms with Gasteiger partial charge in [-0.3, -0.25) is 0 Å². The molecule has 1 N–H and O–H groups in total. The molecule has 0 aliphatic rings. The second kappa shape index (κ2) is 4.66. The van der Waals surface area contributed by atoms with Gasteiger partial charge in [0.1, 0.15) is 11.8 Å². The van der Waals surface area contributed by atoms with Crippen molar-refractivity contribution in [2.24, 2.45) is 0 Å². The van der Waals surface area contributed by atoms with Gasteiger partial charge in [0.25, 0.3) is 0 Å². The predicted octanol–water partition coefficient (Wildman–Crippen LogP) is 3.11. The Hall–Kier alpha value is -1.35. The standard InChI is InChI=1S/C13H16FNO/c1-3-15-9(2)6-10-4-5-11-12(14)8-16-13(11)7-10/h4-5,7-9,15H,3,6H2,1-2H3/t9-/m0/s1. The predicted molar refractivity (Wildman–Crippen MR) is 63.0 cm³/mol. The van der Waals surface area contributed by atoms with Gasteiger partial charge in [0.15, 0.2) is 5.82 Å². The number of fused-ring (bicyclic) bond motifs is 1. The average Bonchev–Trinajstić information content (AvgIpc) is 2.60. The van der Waals surface area contributed by atoms with Crippen LogP contribution in [0.25, 0.3) is 11.0 Å². The molecule has 1 aromatic carbocycles.